The quantitative estimate of drug-likeness (QED) is 0.295. The highest BCUT2D eigenvalue weighted by Gasteiger charge is 2.35. The van der Waals surface area contributed by atoms with Gasteiger partial charge in [0.1, 0.15) is 5.82 Å². The Hall–Kier alpha value is -3.53. The molecular formula is C25H27N5O4S. The first kappa shape index (κ1) is 23.2. The van der Waals surface area contributed by atoms with E-state index in [0.717, 1.165) is 29.8 Å². The van der Waals surface area contributed by atoms with Gasteiger partial charge in [0, 0.05) is 18.2 Å². The molecule has 5 rings (SSSR count). The molecule has 3 aromatic heterocycles. The number of hydrogen-bond acceptors (Lipinski definition) is 7. The van der Waals surface area contributed by atoms with Crippen molar-refractivity contribution < 1.29 is 17.9 Å². The minimum Gasteiger partial charge on any atom is -0.463 e. The van der Waals surface area contributed by atoms with Crippen LogP contribution in [0.4, 0.5) is 0 Å². The molecule has 9 nitrogen and oxygen atoms in total. The minimum atomic E-state index is -3.83. The summed E-state index contributed by atoms with van der Waals surface area (Å²) in [4.78, 5) is 16.6. The molecule has 4 aromatic rings. The third-order valence-corrected chi connectivity index (χ3v) is 8.36. The Labute approximate surface area is 203 Å². The van der Waals surface area contributed by atoms with E-state index in [9.17, 15) is 13.2 Å². The van der Waals surface area contributed by atoms with E-state index >= 15 is 0 Å². The summed E-state index contributed by atoms with van der Waals surface area (Å²) in [6, 6.07) is 8.48. The standard InChI is InChI=1S/C25H27N5O4S/c1-4-18-12-17(14-23(31)34-5-2)13-20(18)24-28-27-22-15-26-25-21(30(22)24)10-11-29(25)35(32,33)19-8-6-16(3)7-9-19/h6-11,14-15,18,20H,4-5,12-13H2,1-3H3/b17-14-/t18-,20+/m0/s1. The number of nitrogens with zero attached hydrogens (tertiary/aromatic N) is 5. The Morgan fingerprint density at radius 2 is 1.91 bits per heavy atom. The van der Waals surface area contributed by atoms with Gasteiger partial charge < -0.3 is 4.74 Å². The number of aryl methyl sites for hydroxylation is 1. The van der Waals surface area contributed by atoms with Crippen molar-refractivity contribution in [2.45, 2.75) is 50.8 Å². The highest BCUT2D eigenvalue weighted by molar-refractivity contribution is 7.90. The van der Waals surface area contributed by atoms with Crippen LogP contribution in [0.2, 0.25) is 0 Å². The zero-order valence-corrected chi connectivity index (χ0v) is 20.7. The van der Waals surface area contributed by atoms with Crippen molar-refractivity contribution in [3.8, 4) is 0 Å². The monoisotopic (exact) mass is 493 g/mol. The Morgan fingerprint density at radius 1 is 1.14 bits per heavy atom. The van der Waals surface area contributed by atoms with Crippen molar-refractivity contribution in [2.24, 2.45) is 5.92 Å². The summed E-state index contributed by atoms with van der Waals surface area (Å²) in [5.74, 6) is 0.745. The molecule has 0 spiro atoms. The number of esters is 1. The third kappa shape index (κ3) is 4.01. The van der Waals surface area contributed by atoms with Crippen molar-refractivity contribution in [3.63, 3.8) is 0 Å². The van der Waals surface area contributed by atoms with Gasteiger partial charge >= 0.3 is 5.97 Å². The van der Waals surface area contributed by atoms with Crippen molar-refractivity contribution in [1.29, 1.82) is 0 Å². The molecule has 1 aliphatic carbocycles. The first-order valence-electron chi connectivity index (χ1n) is 11.7. The van der Waals surface area contributed by atoms with E-state index in [1.165, 1.54) is 10.2 Å². The summed E-state index contributed by atoms with van der Waals surface area (Å²) in [6.45, 7) is 6.16. The van der Waals surface area contributed by atoms with Gasteiger partial charge in [-0.1, -0.05) is 36.6 Å². The van der Waals surface area contributed by atoms with Gasteiger partial charge in [-0.3, -0.25) is 4.40 Å². The lowest BCUT2D eigenvalue weighted by molar-refractivity contribution is -0.137. The second-order valence-electron chi connectivity index (χ2n) is 8.89. The summed E-state index contributed by atoms with van der Waals surface area (Å²) in [7, 11) is -3.83. The van der Waals surface area contributed by atoms with Crippen LogP contribution in [0.1, 0.15) is 50.4 Å². The van der Waals surface area contributed by atoms with Crippen LogP contribution < -0.4 is 0 Å². The fourth-order valence-electron chi connectivity index (χ4n) is 4.92. The average molecular weight is 494 g/mol. The summed E-state index contributed by atoms with van der Waals surface area (Å²) < 4.78 is 34.9. The predicted molar refractivity (Wildman–Crippen MR) is 131 cm³/mol. The van der Waals surface area contributed by atoms with E-state index in [0.29, 0.717) is 29.8 Å². The number of carbonyl (C=O) groups is 1. The fourth-order valence-corrected chi connectivity index (χ4v) is 6.22. The van der Waals surface area contributed by atoms with Crippen molar-refractivity contribution in [1.82, 2.24) is 23.6 Å². The third-order valence-electron chi connectivity index (χ3n) is 6.68. The molecule has 0 amide bonds. The maximum atomic E-state index is 13.4. The molecule has 182 valence electrons. The topological polar surface area (TPSA) is 108 Å². The lowest BCUT2D eigenvalue weighted by atomic mass is 9.93. The Kier molecular flexibility index (Phi) is 5.92. The van der Waals surface area contributed by atoms with Gasteiger partial charge in [0.05, 0.1) is 23.2 Å². The van der Waals surface area contributed by atoms with Gasteiger partial charge in [-0.15, -0.1) is 10.2 Å². The smallest absolute Gasteiger partial charge is 0.330 e. The van der Waals surface area contributed by atoms with E-state index in [4.69, 9.17) is 4.74 Å². The van der Waals surface area contributed by atoms with Crippen LogP contribution in [0.15, 0.2) is 59.3 Å². The van der Waals surface area contributed by atoms with E-state index < -0.39 is 10.0 Å². The summed E-state index contributed by atoms with van der Waals surface area (Å²) in [5.41, 5.74) is 3.49. The number of carbonyl (C=O) groups excluding carboxylic acids is 1. The fraction of sp³-hybridized carbons (Fsp3) is 0.360. The maximum absolute atomic E-state index is 13.4. The van der Waals surface area contributed by atoms with Gasteiger partial charge in [0.2, 0.25) is 0 Å². The second-order valence-corrected chi connectivity index (χ2v) is 10.7. The Balaban J connectivity index is 1.60. The minimum absolute atomic E-state index is 0.0401. The largest absolute Gasteiger partial charge is 0.463 e. The zero-order valence-electron chi connectivity index (χ0n) is 19.9. The molecule has 0 saturated heterocycles. The zero-order chi connectivity index (χ0) is 24.7. The van der Waals surface area contributed by atoms with Gasteiger partial charge in [0.25, 0.3) is 10.0 Å². The predicted octanol–water partition coefficient (Wildman–Crippen LogP) is 4.02. The highest BCUT2D eigenvalue weighted by Crippen LogP contribution is 2.44. The number of allylic oxidation sites excluding steroid dienone is 1. The van der Waals surface area contributed by atoms with Crippen LogP contribution in [0.3, 0.4) is 0 Å². The lowest BCUT2D eigenvalue weighted by Crippen LogP contribution is -2.13. The number of fused-ring (bicyclic) bond motifs is 3. The Bertz CT molecular complexity index is 1550. The summed E-state index contributed by atoms with van der Waals surface area (Å²) >= 11 is 0. The van der Waals surface area contributed by atoms with Crippen molar-refractivity contribution in [2.75, 3.05) is 6.61 Å². The van der Waals surface area contributed by atoms with Crippen molar-refractivity contribution >= 4 is 32.8 Å². The van der Waals surface area contributed by atoms with E-state index in [-0.39, 0.29) is 22.7 Å². The van der Waals surface area contributed by atoms with Gasteiger partial charge in [-0.2, -0.15) is 0 Å². The number of rotatable bonds is 6. The summed E-state index contributed by atoms with van der Waals surface area (Å²) in [6.07, 6.45) is 7.03. The van der Waals surface area contributed by atoms with Crippen LogP contribution in [-0.4, -0.2) is 44.5 Å². The average Bonchev–Trinajstić information content (AvgIpc) is 3.55. The second kappa shape index (κ2) is 8.92. The van der Waals surface area contributed by atoms with E-state index in [1.807, 2.05) is 11.3 Å². The number of hydrogen-bond donors (Lipinski definition) is 0. The van der Waals surface area contributed by atoms with Crippen LogP contribution >= 0.6 is 0 Å². The number of benzene rings is 1. The molecule has 1 aromatic carbocycles. The molecule has 0 N–H and O–H groups in total. The molecule has 35 heavy (non-hydrogen) atoms. The molecule has 1 aliphatic rings. The summed E-state index contributed by atoms with van der Waals surface area (Å²) in [5, 5.41) is 8.80. The van der Waals surface area contributed by atoms with Crippen molar-refractivity contribution in [3.05, 3.63) is 65.8 Å². The molecule has 0 unspecified atom stereocenters. The van der Waals surface area contributed by atoms with E-state index in [1.54, 1.807) is 49.5 Å². The molecule has 1 fully saturated rings. The van der Waals surface area contributed by atoms with E-state index in [2.05, 4.69) is 22.1 Å². The molecule has 10 heteroatoms. The van der Waals surface area contributed by atoms with Crippen LogP contribution in [0.25, 0.3) is 16.8 Å². The van der Waals surface area contributed by atoms with Crippen LogP contribution in [0, 0.1) is 12.8 Å². The van der Waals surface area contributed by atoms with Gasteiger partial charge in [-0.05, 0) is 50.8 Å². The van der Waals surface area contributed by atoms with Crippen LogP contribution in [0.5, 0.6) is 0 Å². The highest BCUT2D eigenvalue weighted by atomic mass is 32.2. The normalized spacial score (nSPS) is 19.7. The molecule has 1 saturated carbocycles. The molecule has 3 heterocycles. The first-order valence-corrected chi connectivity index (χ1v) is 13.2. The SMILES string of the molecule is CCOC(=O)/C=C1/C[C@H](CC)[C@H](c2nnc3cnc4c(ccn4S(=O)(=O)c4ccc(C)cc4)n23)C1. The van der Waals surface area contributed by atoms with Crippen LogP contribution in [-0.2, 0) is 19.6 Å². The molecule has 0 bridgehead atoms. The maximum Gasteiger partial charge on any atom is 0.330 e. The van der Waals surface area contributed by atoms with Gasteiger partial charge in [0.15, 0.2) is 11.3 Å². The lowest BCUT2D eigenvalue weighted by Gasteiger charge is -2.16. The number of aromatic nitrogens is 5. The first-order chi connectivity index (χ1) is 16.8. The molecular weight excluding hydrogens is 466 g/mol. The molecule has 0 radical (unpaired) electrons. The number of ether oxygens (including phenoxy) is 1. The molecule has 0 aliphatic heterocycles. The van der Waals surface area contributed by atoms with Gasteiger partial charge in [-0.25, -0.2) is 22.2 Å². The molecule has 2 atom stereocenters. The Morgan fingerprint density at radius 3 is 2.63 bits per heavy atom.